The van der Waals surface area contributed by atoms with Crippen LogP contribution in [0.3, 0.4) is 0 Å². The van der Waals surface area contributed by atoms with E-state index in [1.807, 2.05) is 0 Å². The van der Waals surface area contributed by atoms with Gasteiger partial charge in [-0.25, -0.2) is 14.2 Å². The molecule has 0 aliphatic rings. The maximum Gasteiger partial charge on any atom is 0.351 e. The average molecular weight is 366 g/mol. The highest BCUT2D eigenvalue weighted by Gasteiger charge is 2.22. The van der Waals surface area contributed by atoms with E-state index < -0.39 is 12.1 Å². The number of hydrogen-bond acceptors (Lipinski definition) is 6. The van der Waals surface area contributed by atoms with Gasteiger partial charge >= 0.3 is 5.97 Å². The topological polar surface area (TPSA) is 77.5 Å². The number of thiazole rings is 1. The summed E-state index contributed by atoms with van der Waals surface area (Å²) in [6.07, 6.45) is -0.882. The second-order valence-corrected chi connectivity index (χ2v) is 6.29. The Labute approximate surface area is 149 Å². The number of carbonyl (C=O) groups excluding carboxylic acids is 2. The second kappa shape index (κ2) is 8.57. The minimum atomic E-state index is -0.882. The summed E-state index contributed by atoms with van der Waals surface area (Å²) in [5.74, 6) is -0.786. The Kier molecular flexibility index (Phi) is 6.46. The first kappa shape index (κ1) is 18.9. The summed E-state index contributed by atoms with van der Waals surface area (Å²) in [5.41, 5.74) is 0.510. The van der Waals surface area contributed by atoms with E-state index in [0.717, 1.165) is 11.3 Å². The van der Waals surface area contributed by atoms with Gasteiger partial charge in [-0.3, -0.25) is 4.79 Å². The molecule has 0 saturated carbocycles. The molecule has 1 atom stereocenters. The molecule has 134 valence electrons. The molecule has 0 radical (unpaired) electrons. The fourth-order valence-electron chi connectivity index (χ4n) is 1.96. The van der Waals surface area contributed by atoms with Crippen molar-refractivity contribution < 1.29 is 23.5 Å². The number of rotatable bonds is 7. The Bertz CT molecular complexity index is 746. The molecule has 25 heavy (non-hydrogen) atoms. The molecule has 6 nitrogen and oxygen atoms in total. The number of hydrogen-bond donors (Lipinski definition) is 1. The Balaban J connectivity index is 1.97. The van der Waals surface area contributed by atoms with Crippen molar-refractivity contribution in [3.8, 4) is 5.75 Å². The summed E-state index contributed by atoms with van der Waals surface area (Å²) in [7, 11) is 0. The van der Waals surface area contributed by atoms with Gasteiger partial charge in [-0.05, 0) is 45.0 Å². The molecule has 1 N–H and O–H groups in total. The van der Waals surface area contributed by atoms with Crippen LogP contribution in [-0.4, -0.2) is 29.5 Å². The minimum absolute atomic E-state index is 0.149. The molecule has 1 amide bonds. The van der Waals surface area contributed by atoms with Crippen molar-refractivity contribution in [1.82, 2.24) is 10.3 Å². The lowest BCUT2D eigenvalue weighted by Gasteiger charge is -2.11. The zero-order valence-corrected chi connectivity index (χ0v) is 15.0. The van der Waals surface area contributed by atoms with E-state index >= 15 is 0 Å². The van der Waals surface area contributed by atoms with Crippen molar-refractivity contribution in [3.05, 3.63) is 45.7 Å². The van der Waals surface area contributed by atoms with Gasteiger partial charge in [0, 0.05) is 6.54 Å². The molecule has 1 unspecified atom stereocenters. The van der Waals surface area contributed by atoms with Crippen molar-refractivity contribution >= 4 is 23.2 Å². The zero-order valence-electron chi connectivity index (χ0n) is 14.2. The van der Waals surface area contributed by atoms with Crippen molar-refractivity contribution in [1.29, 1.82) is 0 Å². The molecule has 1 heterocycles. The molecule has 0 bridgehead atoms. The number of aryl methyl sites for hydroxylation is 1. The molecule has 0 saturated heterocycles. The number of nitrogens with zero attached hydrogens (tertiary/aromatic N) is 1. The number of aromatic nitrogens is 1. The highest BCUT2D eigenvalue weighted by atomic mass is 32.1. The number of esters is 1. The zero-order chi connectivity index (χ0) is 18.4. The van der Waals surface area contributed by atoms with E-state index in [1.54, 1.807) is 13.8 Å². The lowest BCUT2D eigenvalue weighted by atomic mass is 10.3. The van der Waals surface area contributed by atoms with Crippen LogP contribution in [0.25, 0.3) is 0 Å². The number of likely N-dealkylation sites (N-methyl/N-ethyl adjacent to an activating group) is 1. The van der Waals surface area contributed by atoms with Gasteiger partial charge in [-0.1, -0.05) is 0 Å². The van der Waals surface area contributed by atoms with Gasteiger partial charge in [0.15, 0.2) is 6.10 Å². The third-order valence-electron chi connectivity index (χ3n) is 3.21. The van der Waals surface area contributed by atoms with Crippen molar-refractivity contribution in [2.75, 3.05) is 6.54 Å². The van der Waals surface area contributed by atoms with Crippen molar-refractivity contribution in [2.45, 2.75) is 33.5 Å². The fourth-order valence-corrected chi connectivity index (χ4v) is 2.83. The molecule has 1 aromatic heterocycles. The van der Waals surface area contributed by atoms with E-state index in [1.165, 1.54) is 31.2 Å². The van der Waals surface area contributed by atoms with Crippen LogP contribution in [-0.2, 0) is 16.1 Å². The molecular formula is C17H19FN2O4S. The Morgan fingerprint density at radius 1 is 1.32 bits per heavy atom. The Hall–Kier alpha value is -2.48. The van der Waals surface area contributed by atoms with Gasteiger partial charge in [-0.15, -0.1) is 11.3 Å². The lowest BCUT2D eigenvalue weighted by molar-refractivity contribution is -0.128. The number of carbonyl (C=O) groups is 2. The Morgan fingerprint density at radius 2 is 2.00 bits per heavy atom. The molecule has 2 rings (SSSR count). The van der Waals surface area contributed by atoms with E-state index in [2.05, 4.69) is 10.3 Å². The van der Waals surface area contributed by atoms with Crippen LogP contribution in [0.15, 0.2) is 24.3 Å². The van der Waals surface area contributed by atoms with Gasteiger partial charge < -0.3 is 14.8 Å². The summed E-state index contributed by atoms with van der Waals surface area (Å²) in [5, 5.41) is 3.17. The predicted molar refractivity (Wildman–Crippen MR) is 91.1 cm³/mol. The minimum Gasteiger partial charge on any atom is -0.486 e. The summed E-state index contributed by atoms with van der Waals surface area (Å²) < 4.78 is 23.5. The highest BCUT2D eigenvalue weighted by molar-refractivity contribution is 7.13. The van der Waals surface area contributed by atoms with Crippen molar-refractivity contribution in [2.24, 2.45) is 0 Å². The lowest BCUT2D eigenvalue weighted by Crippen LogP contribution is -2.35. The third kappa shape index (κ3) is 5.25. The average Bonchev–Trinajstić information content (AvgIpc) is 2.95. The quantitative estimate of drug-likeness (QED) is 0.763. The normalized spacial score (nSPS) is 11.7. The number of nitrogens with one attached hydrogen (secondary N) is 1. The summed E-state index contributed by atoms with van der Waals surface area (Å²) in [6.45, 7) is 5.59. The van der Waals surface area contributed by atoms with Crippen LogP contribution in [0.4, 0.5) is 4.39 Å². The van der Waals surface area contributed by atoms with E-state index in [-0.39, 0.29) is 18.3 Å². The first-order chi connectivity index (χ1) is 11.9. The molecule has 2 aromatic rings. The number of halogens is 1. The van der Waals surface area contributed by atoms with E-state index in [9.17, 15) is 14.0 Å². The van der Waals surface area contributed by atoms with Crippen molar-refractivity contribution in [3.63, 3.8) is 0 Å². The van der Waals surface area contributed by atoms with Gasteiger partial charge in [0.2, 0.25) is 0 Å². The highest BCUT2D eigenvalue weighted by Crippen LogP contribution is 2.22. The van der Waals surface area contributed by atoms with Gasteiger partial charge in [0.1, 0.15) is 28.1 Å². The van der Waals surface area contributed by atoms with Gasteiger partial charge in [-0.2, -0.15) is 0 Å². The molecule has 0 fully saturated rings. The largest absolute Gasteiger partial charge is 0.486 e. The molecule has 0 aliphatic heterocycles. The number of ether oxygens (including phenoxy) is 2. The SMILES string of the molecule is CCNC(=O)C(C)OC(=O)c1sc(COc2ccc(F)cc2)nc1C. The van der Waals surface area contributed by atoms with Crippen LogP contribution in [0.5, 0.6) is 5.75 Å². The third-order valence-corrected chi connectivity index (χ3v) is 4.32. The molecular weight excluding hydrogens is 347 g/mol. The second-order valence-electron chi connectivity index (χ2n) is 5.21. The van der Waals surface area contributed by atoms with Crippen LogP contribution < -0.4 is 10.1 Å². The summed E-state index contributed by atoms with van der Waals surface area (Å²) >= 11 is 1.14. The van der Waals surface area contributed by atoms with Crippen LogP contribution >= 0.6 is 11.3 Å². The van der Waals surface area contributed by atoms with Crippen LogP contribution in [0.2, 0.25) is 0 Å². The first-order valence-corrected chi connectivity index (χ1v) is 8.55. The molecule has 0 spiro atoms. The summed E-state index contributed by atoms with van der Waals surface area (Å²) in [4.78, 5) is 28.4. The monoisotopic (exact) mass is 366 g/mol. The predicted octanol–water partition coefficient (Wildman–Crippen LogP) is 2.85. The summed E-state index contributed by atoms with van der Waals surface area (Å²) in [6, 6.07) is 5.62. The number of benzene rings is 1. The van der Waals surface area contributed by atoms with E-state index in [0.29, 0.717) is 27.9 Å². The maximum absolute atomic E-state index is 12.9. The first-order valence-electron chi connectivity index (χ1n) is 7.74. The molecule has 1 aromatic carbocycles. The smallest absolute Gasteiger partial charge is 0.351 e. The van der Waals surface area contributed by atoms with Gasteiger partial charge in [0.25, 0.3) is 5.91 Å². The molecule has 0 aliphatic carbocycles. The number of amides is 1. The fraction of sp³-hybridized carbons (Fsp3) is 0.353. The van der Waals surface area contributed by atoms with Crippen LogP contribution in [0, 0.1) is 12.7 Å². The van der Waals surface area contributed by atoms with E-state index in [4.69, 9.17) is 9.47 Å². The Morgan fingerprint density at radius 3 is 2.64 bits per heavy atom. The van der Waals surface area contributed by atoms with Crippen LogP contribution in [0.1, 0.15) is 34.2 Å². The molecule has 8 heteroatoms. The van der Waals surface area contributed by atoms with Gasteiger partial charge in [0.05, 0.1) is 5.69 Å². The maximum atomic E-state index is 12.9. The standard InChI is InChI=1S/C17H19FN2O4S/c1-4-19-16(21)11(3)24-17(22)15-10(2)20-14(25-15)9-23-13-7-5-12(18)6-8-13/h5-8,11H,4,9H2,1-3H3,(H,19,21).